The molecule has 21 heavy (non-hydrogen) atoms. The molecular weight excluding hydrogens is 290 g/mol. The van der Waals surface area contributed by atoms with Gasteiger partial charge >= 0.3 is 0 Å². The number of carbonyl (C=O) groups excluding carboxylic acids is 1. The number of aliphatic hydroxyl groups is 1. The van der Waals surface area contributed by atoms with Gasteiger partial charge in [-0.2, -0.15) is 0 Å². The van der Waals surface area contributed by atoms with Crippen LogP contribution in [-0.2, 0) is 0 Å². The highest BCUT2D eigenvalue weighted by molar-refractivity contribution is 6.34. The summed E-state index contributed by atoms with van der Waals surface area (Å²) in [6.07, 6.45) is -0.508. The summed E-state index contributed by atoms with van der Waals surface area (Å²) in [6.45, 7) is 8.08. The molecule has 0 aromatic heterocycles. The van der Waals surface area contributed by atoms with E-state index < -0.39 is 11.5 Å². The molecule has 0 saturated carbocycles. The number of ether oxygens (including phenoxy) is 1. The summed E-state index contributed by atoms with van der Waals surface area (Å²) in [5.74, 6) is 0.246. The molecule has 0 bridgehead atoms. The number of benzene rings is 1. The summed E-state index contributed by atoms with van der Waals surface area (Å²) < 4.78 is 5.17. The van der Waals surface area contributed by atoms with Gasteiger partial charge in [-0.15, -0.1) is 0 Å². The van der Waals surface area contributed by atoms with Crippen molar-refractivity contribution in [3.05, 3.63) is 28.8 Å². The van der Waals surface area contributed by atoms with Gasteiger partial charge in [-0.1, -0.05) is 45.4 Å². The van der Waals surface area contributed by atoms with Gasteiger partial charge in [0.05, 0.1) is 23.8 Å². The van der Waals surface area contributed by atoms with Crippen molar-refractivity contribution in [2.75, 3.05) is 13.7 Å². The van der Waals surface area contributed by atoms with Crippen molar-refractivity contribution < 1.29 is 14.6 Å². The summed E-state index contributed by atoms with van der Waals surface area (Å²) in [6, 6.07) is 5.06. The van der Waals surface area contributed by atoms with E-state index in [1.807, 2.05) is 27.7 Å². The topological polar surface area (TPSA) is 58.6 Å². The third-order valence-corrected chi connectivity index (χ3v) is 3.87. The maximum atomic E-state index is 12.3. The molecule has 5 heteroatoms. The van der Waals surface area contributed by atoms with Crippen LogP contribution in [-0.4, -0.2) is 30.8 Å². The SMILES string of the molecule is COc1cccc(Cl)c1C(=O)NCC(C)(C)C(O)C(C)C. The van der Waals surface area contributed by atoms with Crippen molar-refractivity contribution in [3.63, 3.8) is 0 Å². The zero-order valence-electron chi connectivity index (χ0n) is 13.2. The summed E-state index contributed by atoms with van der Waals surface area (Å²) in [5.41, 5.74) is -0.116. The summed E-state index contributed by atoms with van der Waals surface area (Å²) in [7, 11) is 1.49. The number of amides is 1. The molecule has 4 nitrogen and oxygen atoms in total. The molecule has 118 valence electrons. The van der Waals surface area contributed by atoms with Crippen molar-refractivity contribution in [2.45, 2.75) is 33.8 Å². The lowest BCUT2D eigenvalue weighted by Gasteiger charge is -2.33. The zero-order chi connectivity index (χ0) is 16.2. The minimum Gasteiger partial charge on any atom is -0.496 e. The second-order valence-corrected chi connectivity index (χ2v) is 6.58. The third-order valence-electron chi connectivity index (χ3n) is 3.56. The van der Waals surface area contributed by atoms with Gasteiger partial charge < -0.3 is 15.2 Å². The Hall–Kier alpha value is -1.26. The Morgan fingerprint density at radius 2 is 2.05 bits per heavy atom. The minimum absolute atomic E-state index is 0.117. The maximum Gasteiger partial charge on any atom is 0.256 e. The Bertz CT molecular complexity index is 500. The van der Waals surface area contributed by atoms with Crippen molar-refractivity contribution in [2.24, 2.45) is 11.3 Å². The van der Waals surface area contributed by atoms with Crippen LogP contribution < -0.4 is 10.1 Å². The third kappa shape index (κ3) is 4.35. The van der Waals surface area contributed by atoms with Crippen LogP contribution >= 0.6 is 11.6 Å². The molecule has 0 saturated heterocycles. The molecule has 0 spiro atoms. The predicted molar refractivity (Wildman–Crippen MR) is 85.0 cm³/mol. The Labute approximate surface area is 131 Å². The van der Waals surface area contributed by atoms with Gasteiger partial charge in [0.25, 0.3) is 5.91 Å². The van der Waals surface area contributed by atoms with Gasteiger partial charge in [0, 0.05) is 12.0 Å². The van der Waals surface area contributed by atoms with E-state index in [9.17, 15) is 9.90 Å². The quantitative estimate of drug-likeness (QED) is 0.848. The summed E-state index contributed by atoms with van der Waals surface area (Å²) >= 11 is 6.08. The van der Waals surface area contributed by atoms with E-state index in [-0.39, 0.29) is 11.8 Å². The van der Waals surface area contributed by atoms with Gasteiger partial charge in [0.1, 0.15) is 5.75 Å². The van der Waals surface area contributed by atoms with E-state index in [2.05, 4.69) is 5.32 Å². The number of hydrogen-bond acceptors (Lipinski definition) is 3. The minimum atomic E-state index is -0.508. The molecule has 0 radical (unpaired) electrons. The molecule has 0 aliphatic carbocycles. The fourth-order valence-corrected chi connectivity index (χ4v) is 2.55. The van der Waals surface area contributed by atoms with Crippen molar-refractivity contribution in [3.8, 4) is 5.75 Å². The highest BCUT2D eigenvalue weighted by Gasteiger charge is 2.31. The molecule has 0 aliphatic heterocycles. The number of hydrogen-bond donors (Lipinski definition) is 2. The molecule has 1 unspecified atom stereocenters. The van der Waals surface area contributed by atoms with Crippen LogP contribution in [0.25, 0.3) is 0 Å². The largest absolute Gasteiger partial charge is 0.496 e. The maximum absolute atomic E-state index is 12.3. The Balaban J connectivity index is 2.84. The van der Waals surface area contributed by atoms with Crippen LogP contribution in [0.3, 0.4) is 0 Å². The first-order valence-corrected chi connectivity index (χ1v) is 7.37. The standard InChI is InChI=1S/C16H24ClNO3/c1-10(2)14(19)16(3,4)9-18-15(20)13-11(17)7-6-8-12(13)21-5/h6-8,10,14,19H,9H2,1-5H3,(H,18,20). The van der Waals surface area contributed by atoms with Crippen LogP contribution in [0.4, 0.5) is 0 Å². The lowest BCUT2D eigenvalue weighted by Crippen LogP contribution is -2.43. The second kappa shape index (κ2) is 7.14. The summed E-state index contributed by atoms with van der Waals surface area (Å²) in [4.78, 5) is 12.3. The highest BCUT2D eigenvalue weighted by atomic mass is 35.5. The predicted octanol–water partition coefficient (Wildman–Crippen LogP) is 3.12. The van der Waals surface area contributed by atoms with E-state index in [1.54, 1.807) is 18.2 Å². The molecule has 2 N–H and O–H groups in total. The molecular formula is C16H24ClNO3. The van der Waals surface area contributed by atoms with Crippen molar-refractivity contribution in [1.82, 2.24) is 5.32 Å². The smallest absolute Gasteiger partial charge is 0.256 e. The van der Waals surface area contributed by atoms with E-state index in [4.69, 9.17) is 16.3 Å². The average molecular weight is 314 g/mol. The zero-order valence-corrected chi connectivity index (χ0v) is 14.0. The normalized spacial score (nSPS) is 13.1. The average Bonchev–Trinajstić information content (AvgIpc) is 2.43. The molecule has 1 aromatic rings. The van der Waals surface area contributed by atoms with Crippen LogP contribution in [0.5, 0.6) is 5.75 Å². The van der Waals surface area contributed by atoms with Crippen LogP contribution in [0.1, 0.15) is 38.1 Å². The van der Waals surface area contributed by atoms with Gasteiger partial charge in [-0.3, -0.25) is 4.79 Å². The van der Waals surface area contributed by atoms with Crippen LogP contribution in [0.2, 0.25) is 5.02 Å². The van der Waals surface area contributed by atoms with E-state index in [0.717, 1.165) is 0 Å². The number of carbonyl (C=O) groups is 1. The number of nitrogens with one attached hydrogen (secondary N) is 1. The van der Waals surface area contributed by atoms with Crippen LogP contribution in [0.15, 0.2) is 18.2 Å². The molecule has 0 aliphatic rings. The molecule has 0 fully saturated rings. The Morgan fingerprint density at radius 1 is 1.43 bits per heavy atom. The summed E-state index contributed by atoms with van der Waals surface area (Å²) in [5, 5.41) is 13.4. The van der Waals surface area contributed by atoms with Crippen molar-refractivity contribution >= 4 is 17.5 Å². The Morgan fingerprint density at radius 3 is 2.57 bits per heavy atom. The van der Waals surface area contributed by atoms with E-state index in [1.165, 1.54) is 7.11 Å². The number of rotatable bonds is 6. The monoisotopic (exact) mass is 313 g/mol. The van der Waals surface area contributed by atoms with Gasteiger partial charge in [0.2, 0.25) is 0 Å². The van der Waals surface area contributed by atoms with E-state index in [0.29, 0.717) is 22.9 Å². The van der Waals surface area contributed by atoms with E-state index >= 15 is 0 Å². The lowest BCUT2D eigenvalue weighted by atomic mass is 9.80. The number of halogens is 1. The molecule has 1 amide bonds. The first kappa shape index (κ1) is 17.8. The molecule has 1 atom stereocenters. The molecule has 0 heterocycles. The fraction of sp³-hybridized carbons (Fsp3) is 0.562. The van der Waals surface area contributed by atoms with Gasteiger partial charge in [-0.05, 0) is 18.1 Å². The van der Waals surface area contributed by atoms with Gasteiger partial charge in [0.15, 0.2) is 0 Å². The number of methoxy groups -OCH3 is 1. The highest BCUT2D eigenvalue weighted by Crippen LogP contribution is 2.28. The van der Waals surface area contributed by atoms with Gasteiger partial charge in [-0.25, -0.2) is 0 Å². The first-order chi connectivity index (χ1) is 9.70. The second-order valence-electron chi connectivity index (χ2n) is 6.18. The first-order valence-electron chi connectivity index (χ1n) is 6.99. The van der Waals surface area contributed by atoms with Crippen LogP contribution in [0, 0.1) is 11.3 Å². The fourth-order valence-electron chi connectivity index (χ4n) is 2.30. The van der Waals surface area contributed by atoms with Crippen molar-refractivity contribution in [1.29, 1.82) is 0 Å². The lowest BCUT2D eigenvalue weighted by molar-refractivity contribution is 0.0138. The Kier molecular flexibility index (Phi) is 6.05. The molecule has 1 aromatic carbocycles. The molecule has 1 rings (SSSR count). The number of aliphatic hydroxyl groups excluding tert-OH is 1.